The van der Waals surface area contributed by atoms with Crippen molar-refractivity contribution in [3.8, 4) is 0 Å². The Bertz CT molecular complexity index is 370. The number of nitro groups is 1. The molecule has 0 amide bonds. The second-order valence-corrected chi connectivity index (χ2v) is 3.63. The fourth-order valence-corrected chi connectivity index (χ4v) is 1.67. The molecule has 88 valence electrons. The lowest BCUT2D eigenvalue weighted by Gasteiger charge is -2.15. The molecule has 1 aliphatic heterocycles. The first-order valence-corrected chi connectivity index (χ1v) is 4.78. The van der Waals surface area contributed by atoms with Crippen LogP contribution < -0.4 is 10.6 Å². The van der Waals surface area contributed by atoms with Crippen LogP contribution in [0.15, 0.2) is 18.3 Å². The molecule has 1 atom stereocenters. The highest BCUT2D eigenvalue weighted by atomic mass is 35.5. The van der Waals surface area contributed by atoms with E-state index >= 15 is 0 Å². The molecule has 16 heavy (non-hydrogen) atoms. The zero-order valence-corrected chi connectivity index (χ0v) is 9.39. The van der Waals surface area contributed by atoms with Gasteiger partial charge in [0.25, 0.3) is 5.69 Å². The number of hydrogen-bond donors (Lipinski definition) is 1. The number of anilines is 1. The zero-order valence-electron chi connectivity index (χ0n) is 8.57. The molecule has 0 bridgehead atoms. The highest BCUT2D eigenvalue weighted by Crippen LogP contribution is 2.19. The van der Waals surface area contributed by atoms with E-state index in [-0.39, 0.29) is 24.1 Å². The normalized spacial score (nSPS) is 19.3. The van der Waals surface area contributed by atoms with E-state index in [4.69, 9.17) is 5.73 Å². The Kier molecular flexibility index (Phi) is 4.03. The lowest BCUT2D eigenvalue weighted by Crippen LogP contribution is -2.26. The Labute approximate surface area is 99.0 Å². The van der Waals surface area contributed by atoms with Crippen molar-refractivity contribution in [3.63, 3.8) is 0 Å². The van der Waals surface area contributed by atoms with Gasteiger partial charge in [-0.3, -0.25) is 10.1 Å². The van der Waals surface area contributed by atoms with Crippen LogP contribution in [-0.2, 0) is 0 Å². The van der Waals surface area contributed by atoms with E-state index in [9.17, 15) is 10.1 Å². The largest absolute Gasteiger partial charge is 0.355 e. The molecular formula is C9H13ClN4O2. The molecule has 0 unspecified atom stereocenters. The molecule has 2 heterocycles. The first-order chi connectivity index (χ1) is 7.16. The van der Waals surface area contributed by atoms with Gasteiger partial charge in [0.2, 0.25) is 0 Å². The Hall–Kier alpha value is -1.40. The molecule has 0 aliphatic carbocycles. The van der Waals surface area contributed by atoms with Crippen molar-refractivity contribution in [3.05, 3.63) is 28.4 Å². The molecule has 0 aromatic carbocycles. The van der Waals surface area contributed by atoms with Crippen molar-refractivity contribution < 1.29 is 4.92 Å². The minimum Gasteiger partial charge on any atom is -0.355 e. The van der Waals surface area contributed by atoms with Gasteiger partial charge in [-0.1, -0.05) is 0 Å². The van der Waals surface area contributed by atoms with Gasteiger partial charge in [-0.05, 0) is 12.5 Å². The molecule has 1 saturated heterocycles. The van der Waals surface area contributed by atoms with E-state index < -0.39 is 4.92 Å². The maximum atomic E-state index is 10.4. The number of pyridine rings is 1. The summed E-state index contributed by atoms with van der Waals surface area (Å²) in [4.78, 5) is 16.0. The van der Waals surface area contributed by atoms with E-state index in [1.54, 1.807) is 6.07 Å². The fourth-order valence-electron chi connectivity index (χ4n) is 1.67. The maximum absolute atomic E-state index is 10.4. The van der Waals surface area contributed by atoms with Gasteiger partial charge < -0.3 is 10.6 Å². The monoisotopic (exact) mass is 244 g/mol. The molecule has 2 N–H and O–H groups in total. The summed E-state index contributed by atoms with van der Waals surface area (Å²) in [5.74, 6) is 0.758. The molecule has 1 aliphatic rings. The van der Waals surface area contributed by atoms with Gasteiger partial charge in [0.05, 0.1) is 4.92 Å². The average Bonchev–Trinajstić information content (AvgIpc) is 2.65. The van der Waals surface area contributed by atoms with Gasteiger partial charge in [0, 0.05) is 25.2 Å². The van der Waals surface area contributed by atoms with Gasteiger partial charge in [-0.2, -0.15) is 0 Å². The Morgan fingerprint density at radius 3 is 2.75 bits per heavy atom. The van der Waals surface area contributed by atoms with E-state index in [1.807, 2.05) is 4.90 Å². The third-order valence-electron chi connectivity index (χ3n) is 2.49. The minimum atomic E-state index is -0.452. The van der Waals surface area contributed by atoms with Crippen molar-refractivity contribution >= 4 is 23.9 Å². The predicted molar refractivity (Wildman–Crippen MR) is 62.9 cm³/mol. The van der Waals surface area contributed by atoms with Crippen LogP contribution in [0, 0.1) is 10.1 Å². The summed E-state index contributed by atoms with van der Waals surface area (Å²) in [6.07, 6.45) is 2.22. The molecule has 1 fully saturated rings. The molecule has 6 nitrogen and oxygen atoms in total. The topological polar surface area (TPSA) is 85.3 Å². The summed E-state index contributed by atoms with van der Waals surface area (Å²) in [5.41, 5.74) is 5.78. The smallest absolute Gasteiger partial charge is 0.287 e. The molecule has 0 saturated carbocycles. The second kappa shape index (κ2) is 5.09. The summed E-state index contributed by atoms with van der Waals surface area (Å²) in [5, 5.41) is 10.4. The van der Waals surface area contributed by atoms with E-state index in [0.29, 0.717) is 0 Å². The van der Waals surface area contributed by atoms with Crippen LogP contribution in [-0.4, -0.2) is 29.0 Å². The Balaban J connectivity index is 0.00000128. The standard InChI is InChI=1S/C9H12N4O2.ClH/c10-7-3-4-12(6-7)9-2-1-8(5-11-9)13(14)15;/h1-2,5,7H,3-4,6,10H2;1H/t7-;/m0./s1. The predicted octanol–water partition coefficient (Wildman–Crippen LogP) is 0.949. The van der Waals surface area contributed by atoms with E-state index in [2.05, 4.69) is 4.98 Å². The molecule has 0 spiro atoms. The molecular weight excluding hydrogens is 232 g/mol. The number of nitrogens with zero attached hydrogens (tertiary/aromatic N) is 3. The average molecular weight is 245 g/mol. The van der Waals surface area contributed by atoms with Crippen LogP contribution in [0.5, 0.6) is 0 Å². The fraction of sp³-hybridized carbons (Fsp3) is 0.444. The Morgan fingerprint density at radius 1 is 1.56 bits per heavy atom. The molecule has 1 aromatic heterocycles. The summed E-state index contributed by atoms with van der Waals surface area (Å²) in [6.45, 7) is 1.64. The Morgan fingerprint density at radius 2 is 2.31 bits per heavy atom. The third kappa shape index (κ3) is 2.59. The summed E-state index contributed by atoms with van der Waals surface area (Å²) in [6, 6.07) is 3.31. The van der Waals surface area contributed by atoms with Gasteiger partial charge in [-0.25, -0.2) is 4.98 Å². The van der Waals surface area contributed by atoms with E-state index in [0.717, 1.165) is 25.3 Å². The molecule has 2 rings (SSSR count). The summed E-state index contributed by atoms with van der Waals surface area (Å²) in [7, 11) is 0. The van der Waals surface area contributed by atoms with Gasteiger partial charge in [-0.15, -0.1) is 12.4 Å². The van der Waals surface area contributed by atoms with Gasteiger partial charge >= 0.3 is 0 Å². The van der Waals surface area contributed by atoms with Crippen LogP contribution in [0.3, 0.4) is 0 Å². The van der Waals surface area contributed by atoms with Gasteiger partial charge in [0.1, 0.15) is 12.0 Å². The summed E-state index contributed by atoms with van der Waals surface area (Å²) >= 11 is 0. The van der Waals surface area contributed by atoms with Crippen LogP contribution in [0.25, 0.3) is 0 Å². The zero-order chi connectivity index (χ0) is 10.8. The molecule has 0 radical (unpaired) electrons. The van der Waals surface area contributed by atoms with Crippen molar-refractivity contribution in [2.24, 2.45) is 5.73 Å². The number of rotatable bonds is 2. The minimum absolute atomic E-state index is 0. The van der Waals surface area contributed by atoms with Crippen LogP contribution in [0.2, 0.25) is 0 Å². The lowest BCUT2D eigenvalue weighted by molar-refractivity contribution is -0.385. The van der Waals surface area contributed by atoms with Crippen molar-refractivity contribution in [2.45, 2.75) is 12.5 Å². The first kappa shape index (κ1) is 12.7. The first-order valence-electron chi connectivity index (χ1n) is 4.78. The SMILES string of the molecule is Cl.N[C@H]1CCN(c2ccc([N+](=O)[O-])cn2)C1. The summed E-state index contributed by atoms with van der Waals surface area (Å²) < 4.78 is 0. The highest BCUT2D eigenvalue weighted by Gasteiger charge is 2.20. The van der Waals surface area contributed by atoms with Crippen LogP contribution >= 0.6 is 12.4 Å². The number of halogens is 1. The van der Waals surface area contributed by atoms with Crippen molar-refractivity contribution in [1.29, 1.82) is 0 Å². The van der Waals surface area contributed by atoms with Gasteiger partial charge in [0.15, 0.2) is 0 Å². The quantitative estimate of drug-likeness (QED) is 0.618. The lowest BCUT2D eigenvalue weighted by atomic mass is 10.3. The number of hydrogen-bond acceptors (Lipinski definition) is 5. The highest BCUT2D eigenvalue weighted by molar-refractivity contribution is 5.85. The molecule has 1 aromatic rings. The van der Waals surface area contributed by atoms with E-state index in [1.165, 1.54) is 12.3 Å². The number of nitrogens with two attached hydrogens (primary N) is 1. The van der Waals surface area contributed by atoms with Crippen molar-refractivity contribution in [2.75, 3.05) is 18.0 Å². The van der Waals surface area contributed by atoms with Crippen molar-refractivity contribution in [1.82, 2.24) is 4.98 Å². The maximum Gasteiger partial charge on any atom is 0.287 e. The third-order valence-corrected chi connectivity index (χ3v) is 2.49. The molecule has 7 heteroatoms. The van der Waals surface area contributed by atoms with Crippen LogP contribution in [0.1, 0.15) is 6.42 Å². The number of aromatic nitrogens is 1. The second-order valence-electron chi connectivity index (χ2n) is 3.63. The van der Waals surface area contributed by atoms with Crippen LogP contribution in [0.4, 0.5) is 11.5 Å².